The number of nitrogens with zero attached hydrogens (tertiary/aromatic N) is 4. The predicted molar refractivity (Wildman–Crippen MR) is 187 cm³/mol. The van der Waals surface area contributed by atoms with E-state index < -0.39 is 11.2 Å². The summed E-state index contributed by atoms with van der Waals surface area (Å²) in [6, 6.07) is 17.6. The summed E-state index contributed by atoms with van der Waals surface area (Å²) < 4.78 is 15.5. The van der Waals surface area contributed by atoms with Crippen LogP contribution in [0.25, 0.3) is 22.2 Å². The SMILES string of the molecule is Cc1ccc(-c2cc3cnc(Nc4ccc(C5CNCCS5)cc4)nc3n(Cc3sccc3[S+]([O-])c3nccs3)c2=O)c(Cl)c1. The molecule has 0 amide bonds. The lowest BCUT2D eigenvalue weighted by Crippen LogP contribution is -2.28. The van der Waals surface area contributed by atoms with E-state index in [1.54, 1.807) is 28.4 Å². The number of pyridine rings is 1. The number of halogens is 1. The zero-order chi connectivity index (χ0) is 30.9. The minimum atomic E-state index is -1.46. The first-order chi connectivity index (χ1) is 21.9. The van der Waals surface area contributed by atoms with Gasteiger partial charge in [0.05, 0.1) is 22.6 Å². The largest absolute Gasteiger partial charge is 0.605 e. The maximum Gasteiger partial charge on any atom is 0.307 e. The number of hydrogen-bond donors (Lipinski definition) is 2. The van der Waals surface area contributed by atoms with Gasteiger partial charge in [-0.1, -0.05) is 47.2 Å². The molecule has 1 aliphatic heterocycles. The van der Waals surface area contributed by atoms with Crippen LogP contribution in [0.3, 0.4) is 0 Å². The van der Waals surface area contributed by atoms with Crippen LogP contribution >= 0.6 is 46.0 Å². The van der Waals surface area contributed by atoms with Crippen LogP contribution in [0.15, 0.2) is 91.8 Å². The molecule has 1 saturated heterocycles. The summed E-state index contributed by atoms with van der Waals surface area (Å²) in [5.41, 5.74) is 4.42. The summed E-state index contributed by atoms with van der Waals surface area (Å²) in [6.07, 6.45) is 3.36. The highest BCUT2D eigenvalue weighted by molar-refractivity contribution is 7.99. The number of nitrogens with one attached hydrogen (secondary N) is 2. The highest BCUT2D eigenvalue weighted by Crippen LogP contribution is 2.33. The Bertz CT molecular complexity index is 2020. The Hall–Kier alpha value is -3.23. The van der Waals surface area contributed by atoms with Crippen molar-refractivity contribution >= 4 is 79.9 Å². The van der Waals surface area contributed by atoms with Gasteiger partial charge in [0.15, 0.2) is 4.90 Å². The van der Waals surface area contributed by atoms with Crippen molar-refractivity contribution in [2.75, 3.05) is 24.2 Å². The molecule has 6 aromatic rings. The summed E-state index contributed by atoms with van der Waals surface area (Å²) in [4.78, 5) is 29.3. The minimum Gasteiger partial charge on any atom is -0.605 e. The Kier molecular flexibility index (Phi) is 8.96. The quantitative estimate of drug-likeness (QED) is 0.161. The highest BCUT2D eigenvalue weighted by atomic mass is 35.5. The van der Waals surface area contributed by atoms with Gasteiger partial charge in [-0.25, -0.2) is 4.98 Å². The number of thiophene rings is 1. The van der Waals surface area contributed by atoms with Gasteiger partial charge < -0.3 is 15.2 Å². The van der Waals surface area contributed by atoms with Crippen LogP contribution < -0.4 is 16.2 Å². The van der Waals surface area contributed by atoms with Crippen molar-refractivity contribution in [2.24, 2.45) is 0 Å². The molecule has 5 heterocycles. The Labute approximate surface area is 280 Å². The second-order valence-corrected chi connectivity index (χ2v) is 15.7. The van der Waals surface area contributed by atoms with Crippen molar-refractivity contribution in [3.05, 3.63) is 109 Å². The van der Waals surface area contributed by atoms with Crippen molar-refractivity contribution in [1.82, 2.24) is 24.8 Å². The number of rotatable bonds is 8. The Morgan fingerprint density at radius 2 is 1.96 bits per heavy atom. The number of aryl methyl sites for hydroxylation is 1. The van der Waals surface area contributed by atoms with Gasteiger partial charge in [-0.3, -0.25) is 9.36 Å². The van der Waals surface area contributed by atoms with Gasteiger partial charge in [-0.2, -0.15) is 21.7 Å². The number of anilines is 2. The highest BCUT2D eigenvalue weighted by Gasteiger charge is 2.25. The van der Waals surface area contributed by atoms with E-state index in [4.69, 9.17) is 16.6 Å². The number of thiazole rings is 1. The molecule has 2 N–H and O–H groups in total. The number of aromatic nitrogens is 4. The van der Waals surface area contributed by atoms with Gasteiger partial charge in [0.2, 0.25) is 5.95 Å². The smallest absolute Gasteiger partial charge is 0.307 e. The molecular formula is C32H27ClN6O2S4. The summed E-state index contributed by atoms with van der Waals surface area (Å²) >= 11 is 9.93. The lowest BCUT2D eigenvalue weighted by atomic mass is 10.0. The summed E-state index contributed by atoms with van der Waals surface area (Å²) in [6.45, 7) is 4.14. The van der Waals surface area contributed by atoms with E-state index in [1.807, 2.05) is 60.5 Å². The Balaban J connectivity index is 1.28. The summed E-state index contributed by atoms with van der Waals surface area (Å²) in [7, 11) is 0. The van der Waals surface area contributed by atoms with Gasteiger partial charge in [0.25, 0.3) is 5.56 Å². The van der Waals surface area contributed by atoms with E-state index in [1.165, 1.54) is 28.2 Å². The van der Waals surface area contributed by atoms with Crippen LogP contribution in [0.1, 0.15) is 21.3 Å². The molecule has 0 spiro atoms. The van der Waals surface area contributed by atoms with Crippen molar-refractivity contribution < 1.29 is 4.55 Å². The van der Waals surface area contributed by atoms with Gasteiger partial charge in [0, 0.05) is 75.2 Å². The first-order valence-corrected chi connectivity index (χ1v) is 18.5. The number of fused-ring (bicyclic) bond motifs is 1. The number of benzene rings is 2. The second kappa shape index (κ2) is 13.2. The van der Waals surface area contributed by atoms with Crippen LogP contribution in [0.2, 0.25) is 5.02 Å². The fourth-order valence-electron chi connectivity index (χ4n) is 5.24. The maximum atomic E-state index is 14.2. The monoisotopic (exact) mass is 690 g/mol. The first-order valence-electron chi connectivity index (χ1n) is 14.2. The van der Waals surface area contributed by atoms with E-state index >= 15 is 0 Å². The van der Waals surface area contributed by atoms with E-state index in [0.717, 1.165) is 35.0 Å². The molecule has 2 unspecified atom stereocenters. The third kappa shape index (κ3) is 6.41. The predicted octanol–water partition coefficient (Wildman–Crippen LogP) is 7.27. The number of hydrogen-bond acceptors (Lipinski definition) is 10. The van der Waals surface area contributed by atoms with Crippen molar-refractivity contribution in [1.29, 1.82) is 0 Å². The van der Waals surface area contributed by atoms with E-state index in [-0.39, 0.29) is 12.1 Å². The molecule has 13 heteroatoms. The van der Waals surface area contributed by atoms with E-state index in [0.29, 0.717) is 47.6 Å². The molecule has 8 nitrogen and oxygen atoms in total. The maximum absolute atomic E-state index is 14.2. The lowest BCUT2D eigenvalue weighted by molar-refractivity contribution is 0.593. The van der Waals surface area contributed by atoms with Gasteiger partial charge in [-0.05, 0) is 47.7 Å². The Morgan fingerprint density at radius 1 is 1.09 bits per heavy atom. The Morgan fingerprint density at radius 3 is 2.71 bits per heavy atom. The summed E-state index contributed by atoms with van der Waals surface area (Å²) in [5, 5.41) is 12.1. The lowest BCUT2D eigenvalue weighted by Gasteiger charge is -2.22. The third-order valence-electron chi connectivity index (χ3n) is 7.48. The van der Waals surface area contributed by atoms with Crippen LogP contribution in [0, 0.1) is 6.92 Å². The second-order valence-electron chi connectivity index (χ2n) is 10.5. The molecule has 0 saturated carbocycles. The zero-order valence-electron chi connectivity index (χ0n) is 24.0. The van der Waals surface area contributed by atoms with Crippen LogP contribution in [0.5, 0.6) is 0 Å². The minimum absolute atomic E-state index is 0.176. The molecule has 2 aromatic carbocycles. The average Bonchev–Trinajstić information content (AvgIpc) is 3.76. The molecular weight excluding hydrogens is 664 g/mol. The molecule has 0 bridgehead atoms. The third-order valence-corrected chi connectivity index (χ3v) is 12.6. The van der Waals surface area contributed by atoms with Gasteiger partial charge in [0.1, 0.15) is 5.65 Å². The fraction of sp³-hybridized carbons (Fsp3) is 0.188. The fourth-order valence-corrected chi connectivity index (χ4v) is 9.87. The number of thioether (sulfide) groups is 1. The molecule has 228 valence electrons. The van der Waals surface area contributed by atoms with E-state index in [2.05, 4.69) is 32.7 Å². The molecule has 7 rings (SSSR count). The standard InChI is InChI=1S/C32H27ClN6O2S4/c1-19-2-7-23(25(33)14-19)24-15-21-16-36-31(37-22-5-3-20(4-6-22)26-17-34-9-12-43-26)38-29(21)39(30(24)40)18-27-28(8-11-42-27)45(41)32-35-10-13-44-32/h2-8,10-11,13-16,26,34H,9,12,17-18H2,1H3,(H,36,37,38). The molecule has 0 aliphatic carbocycles. The van der Waals surface area contributed by atoms with Crippen LogP contribution in [0.4, 0.5) is 11.6 Å². The van der Waals surface area contributed by atoms with Crippen molar-refractivity contribution in [2.45, 2.75) is 28.0 Å². The van der Waals surface area contributed by atoms with Crippen LogP contribution in [-0.2, 0) is 17.7 Å². The van der Waals surface area contributed by atoms with Gasteiger partial charge in [-0.15, -0.1) is 11.3 Å². The van der Waals surface area contributed by atoms with E-state index in [9.17, 15) is 9.35 Å². The van der Waals surface area contributed by atoms with Gasteiger partial charge >= 0.3 is 4.34 Å². The summed E-state index contributed by atoms with van der Waals surface area (Å²) in [5.74, 6) is 1.47. The normalized spacial score (nSPS) is 15.8. The van der Waals surface area contributed by atoms with Crippen molar-refractivity contribution in [3.8, 4) is 11.1 Å². The first kappa shape index (κ1) is 30.4. The molecule has 2 atom stereocenters. The molecule has 4 aromatic heterocycles. The topological polar surface area (TPSA) is 108 Å². The molecule has 1 fully saturated rings. The van der Waals surface area contributed by atoms with Crippen LogP contribution in [-0.4, -0.2) is 42.9 Å². The van der Waals surface area contributed by atoms with Crippen molar-refractivity contribution in [3.63, 3.8) is 0 Å². The average molecular weight is 691 g/mol. The molecule has 1 aliphatic rings. The molecule has 45 heavy (non-hydrogen) atoms. The zero-order valence-corrected chi connectivity index (χ0v) is 28.0. The molecule has 0 radical (unpaired) electrons.